The number of carbonyl (C=O) groups excluding carboxylic acids is 2. The fraction of sp³-hybridized carbons (Fsp3) is 0.556. The normalized spacial score (nSPS) is 15.5. The molecule has 1 saturated heterocycles. The van der Waals surface area contributed by atoms with E-state index in [0.717, 1.165) is 5.75 Å². The van der Waals surface area contributed by atoms with Crippen molar-refractivity contribution in [1.29, 1.82) is 0 Å². The third kappa shape index (κ3) is 4.24. The first-order chi connectivity index (χ1) is 10.8. The van der Waals surface area contributed by atoms with Crippen molar-refractivity contribution in [3.63, 3.8) is 0 Å². The van der Waals surface area contributed by atoms with Crippen LogP contribution in [0, 0.1) is 5.41 Å². The number of hydrogen-bond acceptors (Lipinski definition) is 3. The van der Waals surface area contributed by atoms with Gasteiger partial charge in [0.2, 0.25) is 5.91 Å². The molecule has 0 aliphatic carbocycles. The molecule has 0 unspecified atom stereocenters. The second-order valence-corrected chi connectivity index (χ2v) is 6.79. The summed E-state index contributed by atoms with van der Waals surface area (Å²) in [6.07, 6.45) is 0. The average molecular weight is 318 g/mol. The predicted molar refractivity (Wildman–Crippen MR) is 89.5 cm³/mol. The summed E-state index contributed by atoms with van der Waals surface area (Å²) in [5.74, 6) is 0.922. The molecule has 0 saturated carbocycles. The van der Waals surface area contributed by atoms with Crippen LogP contribution in [0.5, 0.6) is 5.75 Å². The van der Waals surface area contributed by atoms with Gasteiger partial charge in [-0.1, -0.05) is 20.8 Å². The van der Waals surface area contributed by atoms with E-state index < -0.39 is 0 Å². The molecule has 1 aromatic rings. The van der Waals surface area contributed by atoms with Crippen molar-refractivity contribution in [2.24, 2.45) is 5.41 Å². The van der Waals surface area contributed by atoms with Gasteiger partial charge in [0.1, 0.15) is 5.75 Å². The maximum absolute atomic E-state index is 12.5. The zero-order valence-electron chi connectivity index (χ0n) is 14.5. The average Bonchev–Trinajstić information content (AvgIpc) is 2.54. The Hall–Kier alpha value is -2.04. The van der Waals surface area contributed by atoms with Crippen LogP contribution in [-0.4, -0.2) is 54.4 Å². The molecule has 1 heterocycles. The van der Waals surface area contributed by atoms with E-state index in [9.17, 15) is 9.59 Å². The second-order valence-electron chi connectivity index (χ2n) is 6.79. The van der Waals surface area contributed by atoms with Gasteiger partial charge in [0.05, 0.1) is 6.61 Å². The Morgan fingerprint density at radius 3 is 2.00 bits per heavy atom. The van der Waals surface area contributed by atoms with Gasteiger partial charge in [0, 0.05) is 37.2 Å². The lowest BCUT2D eigenvalue weighted by molar-refractivity contribution is -0.140. The molecular weight excluding hydrogens is 292 g/mol. The fourth-order valence-electron chi connectivity index (χ4n) is 2.63. The van der Waals surface area contributed by atoms with Crippen LogP contribution in [0.15, 0.2) is 24.3 Å². The highest BCUT2D eigenvalue weighted by Crippen LogP contribution is 2.19. The topological polar surface area (TPSA) is 49.9 Å². The standard InChI is InChI=1S/C18H26N2O3/c1-5-23-15-8-6-14(7-9-15)16(21)19-10-12-20(13-11-19)17(22)18(2,3)4/h6-9H,5,10-13H2,1-4H3. The second kappa shape index (κ2) is 7.02. The zero-order chi connectivity index (χ0) is 17.0. The smallest absolute Gasteiger partial charge is 0.253 e. The highest BCUT2D eigenvalue weighted by atomic mass is 16.5. The van der Waals surface area contributed by atoms with E-state index in [0.29, 0.717) is 38.3 Å². The van der Waals surface area contributed by atoms with Crippen LogP contribution >= 0.6 is 0 Å². The van der Waals surface area contributed by atoms with Gasteiger partial charge >= 0.3 is 0 Å². The van der Waals surface area contributed by atoms with E-state index >= 15 is 0 Å². The minimum atomic E-state index is -0.374. The van der Waals surface area contributed by atoms with E-state index in [1.807, 2.05) is 49.6 Å². The molecule has 5 heteroatoms. The van der Waals surface area contributed by atoms with Crippen molar-refractivity contribution in [3.05, 3.63) is 29.8 Å². The number of hydrogen-bond donors (Lipinski definition) is 0. The summed E-state index contributed by atoms with van der Waals surface area (Å²) in [5.41, 5.74) is 0.283. The van der Waals surface area contributed by atoms with Crippen LogP contribution in [0.4, 0.5) is 0 Å². The first kappa shape index (κ1) is 17.3. The highest BCUT2D eigenvalue weighted by Gasteiger charge is 2.31. The van der Waals surface area contributed by atoms with Crippen LogP contribution < -0.4 is 4.74 Å². The number of carbonyl (C=O) groups is 2. The summed E-state index contributed by atoms with van der Waals surface area (Å²) < 4.78 is 5.39. The van der Waals surface area contributed by atoms with Crippen molar-refractivity contribution in [3.8, 4) is 5.75 Å². The molecule has 1 fully saturated rings. The number of nitrogens with zero attached hydrogens (tertiary/aromatic N) is 2. The molecule has 1 aliphatic rings. The minimum Gasteiger partial charge on any atom is -0.494 e. The van der Waals surface area contributed by atoms with E-state index in [1.165, 1.54) is 0 Å². The summed E-state index contributed by atoms with van der Waals surface area (Å²) >= 11 is 0. The Labute approximate surface area is 138 Å². The fourth-order valence-corrected chi connectivity index (χ4v) is 2.63. The molecule has 5 nitrogen and oxygen atoms in total. The lowest BCUT2D eigenvalue weighted by Gasteiger charge is -2.37. The molecule has 2 rings (SSSR count). The van der Waals surface area contributed by atoms with Gasteiger partial charge in [-0.3, -0.25) is 9.59 Å². The third-order valence-electron chi connectivity index (χ3n) is 3.91. The molecule has 1 aliphatic heterocycles. The van der Waals surface area contributed by atoms with Crippen LogP contribution in [0.1, 0.15) is 38.1 Å². The van der Waals surface area contributed by atoms with Gasteiger partial charge in [-0.15, -0.1) is 0 Å². The van der Waals surface area contributed by atoms with Gasteiger partial charge in [-0.2, -0.15) is 0 Å². The molecule has 0 atom stereocenters. The van der Waals surface area contributed by atoms with E-state index in [2.05, 4.69) is 0 Å². The predicted octanol–water partition coefficient (Wildman–Crippen LogP) is 2.42. The van der Waals surface area contributed by atoms with Crippen LogP contribution in [-0.2, 0) is 4.79 Å². The first-order valence-corrected chi connectivity index (χ1v) is 8.14. The summed E-state index contributed by atoms with van der Waals surface area (Å²) in [6.45, 7) is 10.7. The summed E-state index contributed by atoms with van der Waals surface area (Å²) in [7, 11) is 0. The Morgan fingerprint density at radius 2 is 1.52 bits per heavy atom. The number of benzene rings is 1. The Morgan fingerprint density at radius 1 is 1.00 bits per heavy atom. The monoisotopic (exact) mass is 318 g/mol. The quantitative estimate of drug-likeness (QED) is 0.860. The molecule has 0 radical (unpaired) electrons. The van der Waals surface area contributed by atoms with Gasteiger partial charge in [0.15, 0.2) is 0 Å². The number of piperazine rings is 1. The van der Waals surface area contributed by atoms with Crippen LogP contribution in [0.3, 0.4) is 0 Å². The molecule has 23 heavy (non-hydrogen) atoms. The maximum Gasteiger partial charge on any atom is 0.253 e. The highest BCUT2D eigenvalue weighted by molar-refractivity contribution is 5.94. The third-order valence-corrected chi connectivity index (χ3v) is 3.91. The molecule has 1 aromatic carbocycles. The van der Waals surface area contributed by atoms with Crippen LogP contribution in [0.25, 0.3) is 0 Å². The number of ether oxygens (including phenoxy) is 1. The molecule has 0 N–H and O–H groups in total. The zero-order valence-corrected chi connectivity index (χ0v) is 14.5. The summed E-state index contributed by atoms with van der Waals surface area (Å²) in [6, 6.07) is 7.21. The molecule has 0 spiro atoms. The molecule has 126 valence electrons. The van der Waals surface area contributed by atoms with E-state index in [4.69, 9.17) is 4.74 Å². The first-order valence-electron chi connectivity index (χ1n) is 8.14. The van der Waals surface area contributed by atoms with Crippen molar-refractivity contribution in [2.75, 3.05) is 32.8 Å². The Bertz CT molecular complexity index is 553. The summed E-state index contributed by atoms with van der Waals surface area (Å²) in [5, 5.41) is 0. The van der Waals surface area contributed by atoms with Gasteiger partial charge in [0.25, 0.3) is 5.91 Å². The van der Waals surface area contributed by atoms with Crippen molar-refractivity contribution in [2.45, 2.75) is 27.7 Å². The van der Waals surface area contributed by atoms with Crippen molar-refractivity contribution in [1.82, 2.24) is 9.80 Å². The molecular formula is C18H26N2O3. The molecule has 0 aromatic heterocycles. The Balaban J connectivity index is 1.94. The lowest BCUT2D eigenvalue weighted by atomic mass is 9.94. The van der Waals surface area contributed by atoms with E-state index in [1.54, 1.807) is 12.1 Å². The largest absolute Gasteiger partial charge is 0.494 e. The van der Waals surface area contributed by atoms with Crippen LogP contribution in [0.2, 0.25) is 0 Å². The summed E-state index contributed by atoms with van der Waals surface area (Å²) in [4.78, 5) is 28.5. The lowest BCUT2D eigenvalue weighted by Crippen LogP contribution is -2.53. The molecule has 0 bridgehead atoms. The van der Waals surface area contributed by atoms with Gasteiger partial charge in [-0.05, 0) is 31.2 Å². The maximum atomic E-state index is 12.5. The van der Waals surface area contributed by atoms with Crippen molar-refractivity contribution >= 4 is 11.8 Å². The van der Waals surface area contributed by atoms with Gasteiger partial charge in [-0.25, -0.2) is 0 Å². The van der Waals surface area contributed by atoms with Crippen molar-refractivity contribution < 1.29 is 14.3 Å². The molecule has 2 amide bonds. The minimum absolute atomic E-state index is 0.0101. The number of rotatable bonds is 3. The SMILES string of the molecule is CCOc1ccc(C(=O)N2CCN(C(=O)C(C)(C)C)CC2)cc1. The number of amides is 2. The Kier molecular flexibility index (Phi) is 5.29. The van der Waals surface area contributed by atoms with E-state index in [-0.39, 0.29) is 17.2 Å². The van der Waals surface area contributed by atoms with Gasteiger partial charge < -0.3 is 14.5 Å².